The molecule has 0 aliphatic rings. The summed E-state index contributed by atoms with van der Waals surface area (Å²) in [5, 5.41) is 16.3. The Labute approximate surface area is 131 Å². The van der Waals surface area contributed by atoms with Gasteiger partial charge >= 0.3 is 5.69 Å². The molecule has 0 unspecified atom stereocenters. The molecule has 0 radical (unpaired) electrons. The van der Waals surface area contributed by atoms with E-state index in [1.54, 1.807) is 36.4 Å². The van der Waals surface area contributed by atoms with Gasteiger partial charge in [-0.15, -0.1) is 5.10 Å². The highest BCUT2D eigenvalue weighted by atomic mass is 16.3. The van der Waals surface area contributed by atoms with Crippen molar-refractivity contribution in [3.05, 3.63) is 70.4 Å². The number of aromatic hydroxyl groups is 1. The summed E-state index contributed by atoms with van der Waals surface area (Å²) in [5.41, 5.74) is 1.14. The average molecular weight is 310 g/mol. The zero-order chi connectivity index (χ0) is 16.4. The third-order valence-electron chi connectivity index (χ3n) is 3.23. The molecule has 1 amide bonds. The predicted molar refractivity (Wildman–Crippen MR) is 85.0 cm³/mol. The van der Waals surface area contributed by atoms with Crippen LogP contribution >= 0.6 is 0 Å². The first kappa shape index (κ1) is 14.6. The number of rotatable bonds is 3. The molecule has 3 rings (SSSR count). The number of H-pyrrole nitrogens is 1. The molecule has 7 heteroatoms. The number of anilines is 1. The second-order valence-electron chi connectivity index (χ2n) is 5.00. The summed E-state index contributed by atoms with van der Waals surface area (Å²) in [4.78, 5) is 26.5. The molecule has 0 spiro atoms. The molecule has 0 bridgehead atoms. The number of aromatic nitrogens is 3. The van der Waals surface area contributed by atoms with Crippen LogP contribution in [0, 0.1) is 6.92 Å². The van der Waals surface area contributed by atoms with Crippen molar-refractivity contribution in [2.75, 3.05) is 5.32 Å². The van der Waals surface area contributed by atoms with Crippen LogP contribution in [0.25, 0.3) is 5.69 Å². The highest BCUT2D eigenvalue weighted by Gasteiger charge is 2.15. The molecule has 23 heavy (non-hydrogen) atoms. The van der Waals surface area contributed by atoms with Crippen LogP contribution in [-0.2, 0) is 0 Å². The van der Waals surface area contributed by atoms with E-state index < -0.39 is 11.6 Å². The van der Waals surface area contributed by atoms with Gasteiger partial charge in [-0.1, -0.05) is 24.3 Å². The minimum Gasteiger partial charge on any atom is -0.506 e. The Morgan fingerprint density at radius 2 is 1.96 bits per heavy atom. The summed E-state index contributed by atoms with van der Waals surface area (Å²) in [6.07, 6.45) is 0. The van der Waals surface area contributed by atoms with Crippen molar-refractivity contribution in [3.63, 3.8) is 0 Å². The van der Waals surface area contributed by atoms with Gasteiger partial charge < -0.3 is 10.4 Å². The van der Waals surface area contributed by atoms with Gasteiger partial charge in [-0.2, -0.15) is 4.68 Å². The van der Waals surface area contributed by atoms with E-state index in [2.05, 4.69) is 15.4 Å². The first-order valence-electron chi connectivity index (χ1n) is 6.90. The Kier molecular flexibility index (Phi) is 3.68. The summed E-state index contributed by atoms with van der Waals surface area (Å²) in [6, 6.07) is 13.6. The van der Waals surface area contributed by atoms with Gasteiger partial charge in [0.2, 0.25) is 5.82 Å². The summed E-state index contributed by atoms with van der Waals surface area (Å²) in [7, 11) is 0. The van der Waals surface area contributed by atoms with E-state index in [0.29, 0.717) is 5.69 Å². The van der Waals surface area contributed by atoms with Crippen molar-refractivity contribution in [3.8, 4) is 11.4 Å². The molecule has 1 aromatic heterocycles. The molecule has 7 nitrogen and oxygen atoms in total. The average Bonchev–Trinajstić information content (AvgIpc) is 2.93. The topological polar surface area (TPSA) is 100 Å². The molecule has 0 saturated heterocycles. The van der Waals surface area contributed by atoms with E-state index in [1.807, 2.05) is 13.0 Å². The van der Waals surface area contributed by atoms with E-state index in [1.165, 1.54) is 6.07 Å². The molecular weight excluding hydrogens is 296 g/mol. The molecule has 0 aliphatic heterocycles. The fraction of sp³-hybridized carbons (Fsp3) is 0.0625. The lowest BCUT2D eigenvalue weighted by Crippen LogP contribution is -2.15. The van der Waals surface area contributed by atoms with Crippen LogP contribution in [0.2, 0.25) is 0 Å². The van der Waals surface area contributed by atoms with Crippen molar-refractivity contribution in [1.82, 2.24) is 14.8 Å². The quantitative estimate of drug-likeness (QED) is 0.642. The van der Waals surface area contributed by atoms with Crippen molar-refractivity contribution < 1.29 is 9.90 Å². The Morgan fingerprint density at radius 1 is 1.22 bits per heavy atom. The second kappa shape index (κ2) is 5.80. The molecule has 3 N–H and O–H groups in total. The van der Waals surface area contributed by atoms with E-state index in [-0.39, 0.29) is 17.3 Å². The number of para-hydroxylation sites is 1. The molecule has 0 saturated carbocycles. The first-order chi connectivity index (χ1) is 11.0. The number of phenols is 1. The number of amides is 1. The van der Waals surface area contributed by atoms with Crippen LogP contribution in [0.4, 0.5) is 5.69 Å². The van der Waals surface area contributed by atoms with Crippen molar-refractivity contribution in [2.45, 2.75) is 6.92 Å². The fourth-order valence-corrected chi connectivity index (χ4v) is 2.10. The van der Waals surface area contributed by atoms with Gasteiger partial charge in [0.05, 0.1) is 11.4 Å². The molecule has 116 valence electrons. The summed E-state index contributed by atoms with van der Waals surface area (Å²) < 4.78 is 1.10. The molecule has 1 heterocycles. The normalized spacial score (nSPS) is 10.5. The fourth-order valence-electron chi connectivity index (χ4n) is 2.10. The first-order valence-corrected chi connectivity index (χ1v) is 6.90. The standard InChI is InChI=1S/C16H14N4O3/c1-10-7-8-12(13(21)9-10)17-15(22)14-18-16(23)20(19-14)11-5-3-2-4-6-11/h2-9,21H,1H3,(H,17,22)(H,18,19,23). The number of hydrogen-bond acceptors (Lipinski definition) is 4. The maximum atomic E-state index is 12.2. The van der Waals surface area contributed by atoms with Gasteiger partial charge in [-0.05, 0) is 36.8 Å². The van der Waals surface area contributed by atoms with Gasteiger partial charge in [-0.3, -0.25) is 9.78 Å². The monoisotopic (exact) mass is 310 g/mol. The number of carbonyl (C=O) groups is 1. The largest absolute Gasteiger partial charge is 0.506 e. The van der Waals surface area contributed by atoms with Crippen LogP contribution in [0.5, 0.6) is 5.75 Å². The van der Waals surface area contributed by atoms with Gasteiger partial charge in [0, 0.05) is 0 Å². The van der Waals surface area contributed by atoms with Gasteiger partial charge in [0.1, 0.15) is 5.75 Å². The van der Waals surface area contributed by atoms with Crippen molar-refractivity contribution >= 4 is 11.6 Å². The highest BCUT2D eigenvalue weighted by Crippen LogP contribution is 2.24. The van der Waals surface area contributed by atoms with Crippen LogP contribution in [-0.4, -0.2) is 25.8 Å². The predicted octanol–water partition coefficient (Wildman–Crippen LogP) is 1.83. The van der Waals surface area contributed by atoms with Gasteiger partial charge in [0.15, 0.2) is 0 Å². The molecular formula is C16H14N4O3. The molecule has 0 fully saturated rings. The molecule has 3 aromatic rings. The number of aryl methyl sites for hydroxylation is 1. The second-order valence-corrected chi connectivity index (χ2v) is 5.00. The van der Waals surface area contributed by atoms with Crippen molar-refractivity contribution in [2.24, 2.45) is 0 Å². The zero-order valence-corrected chi connectivity index (χ0v) is 12.3. The maximum absolute atomic E-state index is 12.2. The van der Waals surface area contributed by atoms with E-state index in [0.717, 1.165) is 10.2 Å². The van der Waals surface area contributed by atoms with Crippen LogP contribution in [0.3, 0.4) is 0 Å². The maximum Gasteiger partial charge on any atom is 0.348 e. The highest BCUT2D eigenvalue weighted by molar-refractivity contribution is 6.02. The van der Waals surface area contributed by atoms with Crippen LogP contribution in [0.1, 0.15) is 16.2 Å². The summed E-state index contributed by atoms with van der Waals surface area (Å²) >= 11 is 0. The number of carbonyl (C=O) groups excluding carboxylic acids is 1. The number of hydrogen-bond donors (Lipinski definition) is 3. The number of benzene rings is 2. The van der Waals surface area contributed by atoms with Crippen LogP contribution in [0.15, 0.2) is 53.3 Å². The Bertz CT molecular complexity index is 913. The lowest BCUT2D eigenvalue weighted by atomic mass is 10.2. The lowest BCUT2D eigenvalue weighted by molar-refractivity contribution is 0.101. The number of phenolic OH excluding ortho intramolecular Hbond substituents is 1. The number of aromatic amines is 1. The third kappa shape index (κ3) is 2.98. The Morgan fingerprint density at radius 3 is 2.65 bits per heavy atom. The third-order valence-corrected chi connectivity index (χ3v) is 3.23. The Balaban J connectivity index is 1.88. The number of nitrogens with one attached hydrogen (secondary N) is 2. The molecule has 2 aromatic carbocycles. The van der Waals surface area contributed by atoms with Crippen LogP contribution < -0.4 is 11.0 Å². The minimum atomic E-state index is -0.615. The number of nitrogens with zero attached hydrogens (tertiary/aromatic N) is 2. The Hall–Kier alpha value is -3.35. The van der Waals surface area contributed by atoms with E-state index in [9.17, 15) is 14.7 Å². The van der Waals surface area contributed by atoms with Gasteiger partial charge in [-0.25, -0.2) is 4.79 Å². The zero-order valence-electron chi connectivity index (χ0n) is 12.3. The van der Waals surface area contributed by atoms with Crippen molar-refractivity contribution in [1.29, 1.82) is 0 Å². The lowest BCUT2D eigenvalue weighted by Gasteiger charge is -2.06. The molecule has 0 atom stereocenters. The summed E-state index contributed by atoms with van der Waals surface area (Å²) in [5.74, 6) is -0.807. The van der Waals surface area contributed by atoms with E-state index in [4.69, 9.17) is 0 Å². The smallest absolute Gasteiger partial charge is 0.348 e. The minimum absolute atomic E-state index is 0.0526. The molecule has 0 aliphatic carbocycles. The van der Waals surface area contributed by atoms with Gasteiger partial charge in [0.25, 0.3) is 5.91 Å². The van der Waals surface area contributed by atoms with E-state index >= 15 is 0 Å². The SMILES string of the molecule is Cc1ccc(NC(=O)c2nn(-c3ccccc3)c(=O)[nH]2)c(O)c1. The summed E-state index contributed by atoms with van der Waals surface area (Å²) in [6.45, 7) is 1.82.